The second-order valence-corrected chi connectivity index (χ2v) is 12.7. The fraction of sp³-hybridized carbons (Fsp3) is 0.435. The number of morpholine rings is 1. The molecule has 2 saturated heterocycles. The summed E-state index contributed by atoms with van der Waals surface area (Å²) in [5.41, 5.74) is 0.365. The molecule has 2 aliphatic heterocycles. The van der Waals surface area contributed by atoms with Crippen molar-refractivity contribution >= 4 is 43.2 Å². The van der Waals surface area contributed by atoms with Gasteiger partial charge in [0, 0.05) is 31.9 Å². The molecule has 2 heterocycles. The average molecular weight is 542 g/mol. The maximum atomic E-state index is 13.0. The Bertz CT molecular complexity index is 1270. The van der Waals surface area contributed by atoms with E-state index in [9.17, 15) is 21.6 Å². The van der Waals surface area contributed by atoms with Crippen LogP contribution in [0.25, 0.3) is 0 Å². The molecule has 0 saturated carbocycles. The zero-order valence-electron chi connectivity index (χ0n) is 19.2. The van der Waals surface area contributed by atoms with Gasteiger partial charge in [0.15, 0.2) is 0 Å². The molecule has 0 unspecified atom stereocenters. The molecule has 2 aromatic rings. The maximum absolute atomic E-state index is 13.0. The Kier molecular flexibility index (Phi) is 8.14. The van der Waals surface area contributed by atoms with E-state index >= 15 is 0 Å². The van der Waals surface area contributed by atoms with E-state index in [4.69, 9.17) is 16.3 Å². The van der Waals surface area contributed by atoms with Gasteiger partial charge in [0.2, 0.25) is 20.0 Å². The molecule has 0 aliphatic carbocycles. The number of hydrogen-bond acceptors (Lipinski definition) is 6. The molecule has 1 amide bonds. The number of nitrogens with one attached hydrogen (secondary N) is 1. The lowest BCUT2D eigenvalue weighted by Gasteiger charge is -2.26. The molecule has 0 aromatic heterocycles. The van der Waals surface area contributed by atoms with Crippen molar-refractivity contribution in [2.45, 2.75) is 35.5 Å². The standard InChI is InChI=1S/C23H28ClN3O6S2/c24-22-10-9-20(35(31,32)27-13-15-33-16-14-27)17-21(22)23(28)25-18-5-7-19(8-6-18)34(29,30)26-11-3-1-2-4-12-26/h5-10,17H,1-4,11-16H2,(H,25,28). The minimum atomic E-state index is -3.80. The Morgan fingerprint density at radius 1 is 0.771 bits per heavy atom. The SMILES string of the molecule is O=C(Nc1ccc(S(=O)(=O)N2CCCCCC2)cc1)c1cc(S(=O)(=O)N2CCOCC2)ccc1Cl. The summed E-state index contributed by atoms with van der Waals surface area (Å²) < 4.78 is 59.8. The van der Waals surface area contributed by atoms with E-state index in [2.05, 4.69) is 5.32 Å². The first-order valence-electron chi connectivity index (χ1n) is 11.5. The van der Waals surface area contributed by atoms with E-state index in [1.54, 1.807) is 0 Å². The molecule has 190 valence electrons. The molecule has 0 spiro atoms. The van der Waals surface area contributed by atoms with Gasteiger partial charge < -0.3 is 10.1 Å². The van der Waals surface area contributed by atoms with Gasteiger partial charge in [0.05, 0.1) is 33.6 Å². The highest BCUT2D eigenvalue weighted by Crippen LogP contribution is 2.26. The van der Waals surface area contributed by atoms with E-state index in [1.165, 1.54) is 51.1 Å². The van der Waals surface area contributed by atoms with Crippen molar-refractivity contribution in [2.24, 2.45) is 0 Å². The lowest BCUT2D eigenvalue weighted by molar-refractivity contribution is 0.0730. The Morgan fingerprint density at radius 3 is 1.94 bits per heavy atom. The molecule has 0 bridgehead atoms. The molecular formula is C23H28ClN3O6S2. The third-order valence-corrected chi connectivity index (χ3v) is 10.2. The number of carbonyl (C=O) groups excluding carboxylic acids is 1. The van der Waals surface area contributed by atoms with Crippen LogP contribution in [0.2, 0.25) is 5.02 Å². The molecule has 2 aromatic carbocycles. The fourth-order valence-corrected chi connectivity index (χ4v) is 7.27. The highest BCUT2D eigenvalue weighted by atomic mass is 35.5. The van der Waals surface area contributed by atoms with Crippen LogP contribution in [-0.4, -0.2) is 70.7 Å². The molecule has 2 fully saturated rings. The van der Waals surface area contributed by atoms with Crippen LogP contribution < -0.4 is 5.32 Å². The number of nitrogens with zero attached hydrogens (tertiary/aromatic N) is 2. The van der Waals surface area contributed by atoms with Gasteiger partial charge in [0.25, 0.3) is 5.91 Å². The molecule has 12 heteroatoms. The van der Waals surface area contributed by atoms with E-state index in [1.807, 2.05) is 0 Å². The third kappa shape index (κ3) is 5.87. The first-order valence-corrected chi connectivity index (χ1v) is 14.7. The summed E-state index contributed by atoms with van der Waals surface area (Å²) in [4.78, 5) is 13.0. The Morgan fingerprint density at radius 2 is 1.31 bits per heavy atom. The van der Waals surface area contributed by atoms with Gasteiger partial charge in [-0.1, -0.05) is 24.4 Å². The van der Waals surface area contributed by atoms with Gasteiger partial charge in [-0.15, -0.1) is 0 Å². The van der Waals surface area contributed by atoms with Crippen molar-refractivity contribution in [1.29, 1.82) is 0 Å². The topological polar surface area (TPSA) is 113 Å². The molecule has 4 rings (SSSR count). The van der Waals surface area contributed by atoms with Crippen molar-refractivity contribution < 1.29 is 26.4 Å². The largest absolute Gasteiger partial charge is 0.379 e. The first kappa shape index (κ1) is 26.1. The van der Waals surface area contributed by atoms with Crippen LogP contribution in [0.3, 0.4) is 0 Å². The van der Waals surface area contributed by atoms with Gasteiger partial charge in [-0.2, -0.15) is 8.61 Å². The summed E-state index contributed by atoms with van der Waals surface area (Å²) in [7, 11) is -7.40. The van der Waals surface area contributed by atoms with E-state index in [0.717, 1.165) is 25.7 Å². The van der Waals surface area contributed by atoms with Gasteiger partial charge in [-0.25, -0.2) is 16.8 Å². The van der Waals surface area contributed by atoms with Crippen LogP contribution >= 0.6 is 11.6 Å². The van der Waals surface area contributed by atoms with Crippen LogP contribution in [0.5, 0.6) is 0 Å². The summed E-state index contributed by atoms with van der Waals surface area (Å²) in [6.45, 7) is 2.09. The summed E-state index contributed by atoms with van der Waals surface area (Å²) >= 11 is 6.20. The number of ether oxygens (including phenoxy) is 1. The van der Waals surface area contributed by atoms with Gasteiger partial charge in [-0.3, -0.25) is 4.79 Å². The van der Waals surface area contributed by atoms with Crippen LogP contribution in [0.1, 0.15) is 36.0 Å². The summed E-state index contributed by atoms with van der Waals surface area (Å²) in [5, 5.41) is 2.77. The average Bonchev–Trinajstić information content (AvgIpc) is 3.15. The monoisotopic (exact) mass is 541 g/mol. The van der Waals surface area contributed by atoms with Crippen molar-refractivity contribution in [1.82, 2.24) is 8.61 Å². The predicted octanol–water partition coefficient (Wildman–Crippen LogP) is 3.18. The van der Waals surface area contributed by atoms with Gasteiger partial charge in [0.1, 0.15) is 0 Å². The zero-order valence-corrected chi connectivity index (χ0v) is 21.5. The van der Waals surface area contributed by atoms with Crippen LogP contribution in [0, 0.1) is 0 Å². The fourth-order valence-electron chi connectivity index (χ4n) is 4.11. The molecule has 2 aliphatic rings. The van der Waals surface area contributed by atoms with Crippen LogP contribution in [-0.2, 0) is 24.8 Å². The molecule has 35 heavy (non-hydrogen) atoms. The molecular weight excluding hydrogens is 514 g/mol. The van der Waals surface area contributed by atoms with E-state index in [0.29, 0.717) is 32.0 Å². The summed E-state index contributed by atoms with van der Waals surface area (Å²) in [5.74, 6) is -0.600. The Labute approximate surface area is 211 Å². The second kappa shape index (κ2) is 10.9. The normalized spacial score (nSPS) is 18.7. The van der Waals surface area contributed by atoms with Crippen LogP contribution in [0.4, 0.5) is 5.69 Å². The number of hydrogen-bond donors (Lipinski definition) is 1. The number of rotatable bonds is 6. The lowest BCUT2D eigenvalue weighted by atomic mass is 10.2. The van der Waals surface area contributed by atoms with Gasteiger partial charge in [-0.05, 0) is 55.3 Å². The number of benzene rings is 2. The van der Waals surface area contributed by atoms with Gasteiger partial charge >= 0.3 is 0 Å². The first-order chi connectivity index (χ1) is 16.7. The van der Waals surface area contributed by atoms with Crippen molar-refractivity contribution in [2.75, 3.05) is 44.7 Å². The summed E-state index contributed by atoms with van der Waals surface area (Å²) in [6.07, 6.45) is 3.73. The van der Waals surface area contributed by atoms with E-state index < -0.39 is 26.0 Å². The molecule has 9 nitrogen and oxygen atoms in total. The van der Waals surface area contributed by atoms with Crippen LogP contribution in [0.15, 0.2) is 52.3 Å². The van der Waals surface area contributed by atoms with Crippen molar-refractivity contribution in [3.8, 4) is 0 Å². The Balaban J connectivity index is 1.50. The minimum absolute atomic E-state index is 0.00210. The molecule has 1 N–H and O–H groups in total. The minimum Gasteiger partial charge on any atom is -0.379 e. The predicted molar refractivity (Wildman–Crippen MR) is 133 cm³/mol. The second-order valence-electron chi connectivity index (χ2n) is 8.45. The van der Waals surface area contributed by atoms with E-state index in [-0.39, 0.29) is 33.5 Å². The molecule has 0 atom stereocenters. The maximum Gasteiger partial charge on any atom is 0.257 e. The number of sulfonamides is 2. The zero-order chi connectivity index (χ0) is 25.1. The highest BCUT2D eigenvalue weighted by Gasteiger charge is 2.28. The van der Waals surface area contributed by atoms with Crippen molar-refractivity contribution in [3.63, 3.8) is 0 Å². The number of amides is 1. The third-order valence-electron chi connectivity index (χ3n) is 6.11. The lowest BCUT2D eigenvalue weighted by Crippen LogP contribution is -2.40. The number of anilines is 1. The summed E-state index contributed by atoms with van der Waals surface area (Å²) in [6, 6.07) is 9.91. The Hall–Kier alpha value is -2.02. The quantitative estimate of drug-likeness (QED) is 0.601. The molecule has 0 radical (unpaired) electrons. The van der Waals surface area contributed by atoms with Crippen molar-refractivity contribution in [3.05, 3.63) is 53.1 Å². The smallest absolute Gasteiger partial charge is 0.257 e. The highest BCUT2D eigenvalue weighted by molar-refractivity contribution is 7.89. The number of halogens is 1. The number of carbonyl (C=O) groups is 1.